The number of rotatable bonds is 2. The van der Waals surface area contributed by atoms with Crippen LogP contribution in [0.3, 0.4) is 0 Å². The molecule has 49 heavy (non-hydrogen) atoms. The van der Waals surface area contributed by atoms with Crippen LogP contribution >= 0.6 is 0 Å². The molecule has 0 spiro atoms. The molecule has 0 bridgehead atoms. The second-order valence-corrected chi connectivity index (χ2v) is 12.7. The molecule has 11 rings (SSSR count). The number of hydrogen-bond donors (Lipinski definition) is 0. The molecular weight excluding hydrogens is 620 g/mol. The molecule has 5 heterocycles. The van der Waals surface area contributed by atoms with Gasteiger partial charge in [-0.15, -0.1) is 0 Å². The van der Waals surface area contributed by atoms with E-state index in [0.29, 0.717) is 51.8 Å². The van der Waals surface area contributed by atoms with Crippen LogP contribution < -0.4 is 51.7 Å². The van der Waals surface area contributed by atoms with Crippen LogP contribution in [0.4, 0.5) is 8.78 Å². The number of furan rings is 1. The van der Waals surface area contributed by atoms with E-state index in [2.05, 4.69) is 12.1 Å². The molecule has 4 aliphatic rings. The highest BCUT2D eigenvalue weighted by Crippen LogP contribution is 2.38. The zero-order valence-electron chi connectivity index (χ0n) is 25.5. The number of ether oxygens (including phenoxy) is 4. The van der Waals surface area contributed by atoms with Gasteiger partial charge in [0.1, 0.15) is 63.4 Å². The van der Waals surface area contributed by atoms with Crippen LogP contribution in [0.25, 0.3) is 22.5 Å². The molecule has 4 aliphatic heterocycles. The lowest BCUT2D eigenvalue weighted by Gasteiger charge is -2.33. The summed E-state index contributed by atoms with van der Waals surface area (Å²) in [5.41, 5.74) is 7.74. The van der Waals surface area contributed by atoms with E-state index < -0.39 is 0 Å². The van der Waals surface area contributed by atoms with Gasteiger partial charge in [-0.2, -0.15) is 0 Å². The smallest absolute Gasteiger partial charge is 0.260 e. The van der Waals surface area contributed by atoms with Gasteiger partial charge in [0, 0.05) is 22.1 Å². The Labute approximate surface area is 279 Å². The Morgan fingerprint density at radius 2 is 0.816 bits per heavy atom. The molecule has 5 nitrogen and oxygen atoms in total. The SMILES string of the molecule is Fc1ccc2c(c1)B1c3cc(-c4coc(-c5ccc6c(c5)B5c7cc(F)ccc7Oc7cccc(c75)O6)c4)ccc3Oc3cccc(c31)O2. The molecular formula is C40H20B2F2O5. The lowest BCUT2D eigenvalue weighted by Crippen LogP contribution is -2.57. The Balaban J connectivity index is 1.00. The highest BCUT2D eigenvalue weighted by molar-refractivity contribution is 6.99. The van der Waals surface area contributed by atoms with E-state index in [1.165, 1.54) is 12.1 Å². The minimum Gasteiger partial charge on any atom is -0.464 e. The van der Waals surface area contributed by atoms with Gasteiger partial charge >= 0.3 is 0 Å². The van der Waals surface area contributed by atoms with E-state index in [1.54, 1.807) is 30.5 Å². The van der Waals surface area contributed by atoms with E-state index in [4.69, 9.17) is 23.4 Å². The summed E-state index contributed by atoms with van der Waals surface area (Å²) in [6, 6.07) is 34.7. The fourth-order valence-electron chi connectivity index (χ4n) is 7.79. The third kappa shape index (κ3) is 3.87. The Hall–Kier alpha value is -6.21. The third-order valence-electron chi connectivity index (χ3n) is 9.93. The van der Waals surface area contributed by atoms with Crippen LogP contribution in [0.15, 0.2) is 126 Å². The molecule has 0 saturated heterocycles. The van der Waals surface area contributed by atoms with Crippen molar-refractivity contribution in [1.82, 2.24) is 0 Å². The second kappa shape index (κ2) is 9.67. The topological polar surface area (TPSA) is 50.1 Å². The number of hydrogen-bond acceptors (Lipinski definition) is 5. The number of benzene rings is 6. The highest BCUT2D eigenvalue weighted by Gasteiger charge is 2.42. The van der Waals surface area contributed by atoms with Crippen LogP contribution in [0.2, 0.25) is 0 Å². The van der Waals surface area contributed by atoms with Crippen LogP contribution in [0.1, 0.15) is 0 Å². The lowest BCUT2D eigenvalue weighted by atomic mass is 9.34. The fraction of sp³-hybridized carbons (Fsp3) is 0. The summed E-state index contributed by atoms with van der Waals surface area (Å²) in [6.07, 6.45) is 1.74. The maximum atomic E-state index is 14.6. The summed E-state index contributed by atoms with van der Waals surface area (Å²) in [6.45, 7) is -0.536. The molecule has 1 aromatic heterocycles. The van der Waals surface area contributed by atoms with Gasteiger partial charge in [0.25, 0.3) is 13.4 Å². The van der Waals surface area contributed by atoms with Gasteiger partial charge in [0.15, 0.2) is 0 Å². The zero-order valence-corrected chi connectivity index (χ0v) is 25.5. The fourth-order valence-corrected chi connectivity index (χ4v) is 7.79. The van der Waals surface area contributed by atoms with Crippen molar-refractivity contribution >= 4 is 46.2 Å². The van der Waals surface area contributed by atoms with Crippen LogP contribution in [0.5, 0.6) is 46.0 Å². The first-order valence-electron chi connectivity index (χ1n) is 16.0. The summed E-state index contributed by atoms with van der Waals surface area (Å²) < 4.78 is 60.4. The van der Waals surface area contributed by atoms with Gasteiger partial charge in [-0.1, -0.05) is 30.3 Å². The van der Waals surface area contributed by atoms with Gasteiger partial charge in [-0.3, -0.25) is 0 Å². The number of halogens is 2. The summed E-state index contributed by atoms with van der Waals surface area (Å²) in [5.74, 6) is 5.46. The van der Waals surface area contributed by atoms with Crippen molar-refractivity contribution in [2.75, 3.05) is 0 Å². The van der Waals surface area contributed by atoms with Crippen molar-refractivity contribution in [3.8, 4) is 68.4 Å². The van der Waals surface area contributed by atoms with Gasteiger partial charge in [-0.25, -0.2) is 8.78 Å². The molecule has 230 valence electrons. The normalized spacial score (nSPS) is 13.7. The van der Waals surface area contributed by atoms with Gasteiger partial charge in [-0.05, 0) is 112 Å². The Morgan fingerprint density at radius 1 is 0.388 bits per heavy atom. The van der Waals surface area contributed by atoms with Crippen molar-refractivity contribution < 1.29 is 32.1 Å². The van der Waals surface area contributed by atoms with E-state index >= 15 is 0 Å². The largest absolute Gasteiger partial charge is 0.464 e. The Kier molecular flexibility index (Phi) is 5.29. The molecule has 0 N–H and O–H groups in total. The van der Waals surface area contributed by atoms with E-state index in [0.717, 1.165) is 49.5 Å². The van der Waals surface area contributed by atoms with Crippen molar-refractivity contribution in [1.29, 1.82) is 0 Å². The standard InChI is InChI=1S/C40H20B2F2O5/c43-24-9-13-32-28(18-24)41-26-15-21(7-11-30(26)46-34-3-1-5-36(48-32)39(34)41)23-17-38(45-20-23)22-8-12-31-27(16-22)42-29-19-25(44)10-14-33(29)49-37-6-2-4-35(47-31)40(37)42/h1-20H. The molecule has 6 aromatic carbocycles. The monoisotopic (exact) mass is 640 g/mol. The number of fused-ring (bicyclic) bond motifs is 8. The minimum absolute atomic E-state index is 0.263. The van der Waals surface area contributed by atoms with Crippen molar-refractivity contribution in [3.05, 3.63) is 133 Å². The average molecular weight is 640 g/mol. The van der Waals surface area contributed by atoms with E-state index in [1.807, 2.05) is 66.7 Å². The van der Waals surface area contributed by atoms with Crippen LogP contribution in [-0.4, -0.2) is 13.4 Å². The third-order valence-corrected chi connectivity index (χ3v) is 9.93. The zero-order chi connectivity index (χ0) is 32.4. The molecule has 7 aromatic rings. The first-order valence-corrected chi connectivity index (χ1v) is 16.0. The summed E-state index contributed by atoms with van der Waals surface area (Å²) >= 11 is 0. The second-order valence-electron chi connectivity index (χ2n) is 12.7. The lowest BCUT2D eigenvalue weighted by molar-refractivity contribution is 0.463. The average Bonchev–Trinajstić information content (AvgIpc) is 3.62. The van der Waals surface area contributed by atoms with Gasteiger partial charge in [0.05, 0.1) is 6.26 Å². The maximum Gasteiger partial charge on any atom is 0.260 e. The summed E-state index contributed by atoms with van der Waals surface area (Å²) in [4.78, 5) is 0. The van der Waals surface area contributed by atoms with Crippen LogP contribution in [0, 0.1) is 11.6 Å². The molecule has 0 saturated carbocycles. The molecule has 9 heteroatoms. The Morgan fingerprint density at radius 3 is 1.33 bits per heavy atom. The van der Waals surface area contributed by atoms with Crippen molar-refractivity contribution in [2.45, 2.75) is 0 Å². The minimum atomic E-state index is -0.326. The molecule has 0 amide bonds. The van der Waals surface area contributed by atoms with Gasteiger partial charge in [0.2, 0.25) is 0 Å². The van der Waals surface area contributed by atoms with Crippen LogP contribution in [-0.2, 0) is 0 Å². The van der Waals surface area contributed by atoms with E-state index in [9.17, 15) is 8.78 Å². The quantitative estimate of drug-likeness (QED) is 0.207. The molecule has 0 aliphatic carbocycles. The molecule has 0 unspecified atom stereocenters. The molecule has 0 radical (unpaired) electrons. The maximum absolute atomic E-state index is 14.6. The first-order chi connectivity index (χ1) is 24.1. The van der Waals surface area contributed by atoms with Crippen molar-refractivity contribution in [3.63, 3.8) is 0 Å². The predicted molar refractivity (Wildman–Crippen MR) is 185 cm³/mol. The molecule has 0 atom stereocenters. The molecule has 0 fully saturated rings. The first kappa shape index (κ1) is 26.8. The Bertz CT molecular complexity index is 2380. The summed E-state index contributed by atoms with van der Waals surface area (Å²) in [5, 5.41) is 0. The highest BCUT2D eigenvalue weighted by atomic mass is 19.1. The van der Waals surface area contributed by atoms with Gasteiger partial charge < -0.3 is 23.4 Å². The van der Waals surface area contributed by atoms with Crippen molar-refractivity contribution in [2.24, 2.45) is 0 Å². The summed E-state index contributed by atoms with van der Waals surface area (Å²) in [7, 11) is 0. The predicted octanol–water partition coefficient (Wildman–Crippen LogP) is 6.35. The van der Waals surface area contributed by atoms with E-state index in [-0.39, 0.29) is 25.1 Å².